The van der Waals surface area contributed by atoms with Crippen LogP contribution in [-0.4, -0.2) is 21.2 Å². The summed E-state index contributed by atoms with van der Waals surface area (Å²) in [6.45, 7) is 1.81. The number of hydrogen-bond acceptors (Lipinski definition) is 5. The lowest BCUT2D eigenvalue weighted by Gasteiger charge is -1.92. The molecule has 2 aromatic heterocycles. The average molecular weight is 232 g/mol. The molecule has 0 aliphatic rings. The van der Waals surface area contributed by atoms with Gasteiger partial charge in [-0.1, -0.05) is 23.4 Å². The van der Waals surface area contributed by atoms with Crippen molar-refractivity contribution < 1.29 is 0 Å². The van der Waals surface area contributed by atoms with Gasteiger partial charge in [-0.15, -0.1) is 11.3 Å². The Morgan fingerprint density at radius 2 is 2.08 bits per heavy atom. The Bertz CT molecular complexity index is 454. The van der Waals surface area contributed by atoms with Crippen molar-refractivity contribution in [2.45, 2.75) is 11.3 Å². The van der Waals surface area contributed by atoms with Crippen LogP contribution in [0, 0.1) is 6.92 Å². The van der Waals surface area contributed by atoms with E-state index >= 15 is 0 Å². The van der Waals surface area contributed by atoms with Crippen LogP contribution in [0.3, 0.4) is 0 Å². The molecule has 0 unspecified atom stereocenters. The Labute approximate surface area is 88.6 Å². The highest BCUT2D eigenvalue weighted by Crippen LogP contribution is 2.30. The van der Waals surface area contributed by atoms with Crippen molar-refractivity contribution >= 4 is 45.0 Å². The van der Waals surface area contributed by atoms with E-state index in [0.29, 0.717) is 16.6 Å². The molecule has 0 fully saturated rings. The normalized spacial score (nSPS) is 11.0. The summed E-state index contributed by atoms with van der Waals surface area (Å²) in [6.07, 6.45) is 1.98. The molecule has 2 rings (SSSR count). The third kappa shape index (κ3) is 1.63. The summed E-state index contributed by atoms with van der Waals surface area (Å²) < 4.78 is 1.84. The van der Waals surface area contributed by atoms with Gasteiger partial charge in [-0.05, 0) is 13.2 Å². The zero-order valence-corrected chi connectivity index (χ0v) is 9.43. The molecule has 0 radical (unpaired) electrons. The van der Waals surface area contributed by atoms with E-state index in [1.54, 1.807) is 11.8 Å². The number of aromatic nitrogens is 3. The maximum Gasteiger partial charge on any atom is 0.176 e. The van der Waals surface area contributed by atoms with E-state index in [1.165, 1.54) is 11.3 Å². The van der Waals surface area contributed by atoms with Crippen molar-refractivity contribution in [1.29, 1.82) is 0 Å². The Kier molecular flexibility index (Phi) is 2.40. The van der Waals surface area contributed by atoms with Crippen molar-refractivity contribution in [2.75, 3.05) is 6.26 Å². The highest BCUT2D eigenvalue weighted by molar-refractivity contribution is 8.00. The van der Waals surface area contributed by atoms with Gasteiger partial charge >= 0.3 is 0 Å². The first-order chi connectivity index (χ1) is 6.20. The van der Waals surface area contributed by atoms with Crippen LogP contribution in [0.4, 0.5) is 0 Å². The van der Waals surface area contributed by atoms with Gasteiger partial charge < -0.3 is 0 Å². The molecule has 68 valence electrons. The van der Waals surface area contributed by atoms with E-state index in [0.717, 1.165) is 9.04 Å². The molecule has 0 spiro atoms. The minimum atomic E-state index is 0.500. The number of fused-ring (bicyclic) bond motifs is 1. The summed E-state index contributed by atoms with van der Waals surface area (Å²) in [5.41, 5.74) is 0.701. The maximum absolute atomic E-state index is 5.94. The third-order valence-electron chi connectivity index (χ3n) is 1.48. The molecule has 0 bridgehead atoms. The fourth-order valence-corrected chi connectivity index (χ4v) is 2.66. The van der Waals surface area contributed by atoms with Crippen LogP contribution in [0.15, 0.2) is 4.34 Å². The molecule has 0 saturated carbocycles. The SMILES string of the molecule is CSc1nc2nc(C)nc(Cl)c2s1. The maximum atomic E-state index is 5.94. The number of thioether (sulfide) groups is 1. The van der Waals surface area contributed by atoms with Gasteiger partial charge in [0.25, 0.3) is 0 Å². The summed E-state index contributed by atoms with van der Waals surface area (Å²) >= 11 is 9.06. The number of nitrogens with zero attached hydrogens (tertiary/aromatic N) is 3. The largest absolute Gasteiger partial charge is 0.220 e. The minimum absolute atomic E-state index is 0.500. The van der Waals surface area contributed by atoms with Crippen molar-refractivity contribution in [3.8, 4) is 0 Å². The van der Waals surface area contributed by atoms with E-state index in [4.69, 9.17) is 11.6 Å². The Balaban J connectivity index is 2.75. The predicted molar refractivity (Wildman–Crippen MR) is 56.7 cm³/mol. The second kappa shape index (κ2) is 3.40. The lowest BCUT2D eigenvalue weighted by Crippen LogP contribution is -1.87. The molecule has 0 amide bonds. The first-order valence-corrected chi connectivity index (χ1v) is 5.97. The lowest BCUT2D eigenvalue weighted by molar-refractivity contribution is 1.07. The third-order valence-corrected chi connectivity index (χ3v) is 3.90. The van der Waals surface area contributed by atoms with Crippen LogP contribution in [-0.2, 0) is 0 Å². The van der Waals surface area contributed by atoms with Crippen LogP contribution < -0.4 is 0 Å². The highest BCUT2D eigenvalue weighted by atomic mass is 35.5. The smallest absolute Gasteiger partial charge is 0.176 e. The van der Waals surface area contributed by atoms with E-state index in [9.17, 15) is 0 Å². The van der Waals surface area contributed by atoms with E-state index in [1.807, 2.05) is 13.2 Å². The summed E-state index contributed by atoms with van der Waals surface area (Å²) in [5.74, 6) is 0.662. The van der Waals surface area contributed by atoms with Crippen LogP contribution in [0.5, 0.6) is 0 Å². The molecule has 2 aromatic rings. The Morgan fingerprint density at radius 3 is 2.77 bits per heavy atom. The predicted octanol–water partition coefficient (Wildman–Crippen LogP) is 2.77. The van der Waals surface area contributed by atoms with E-state index in [-0.39, 0.29) is 0 Å². The van der Waals surface area contributed by atoms with Crippen molar-refractivity contribution in [1.82, 2.24) is 15.0 Å². The number of thiazole rings is 1. The summed E-state index contributed by atoms with van der Waals surface area (Å²) in [7, 11) is 0. The number of aryl methyl sites for hydroxylation is 1. The second-order valence-electron chi connectivity index (χ2n) is 2.40. The molecule has 0 atom stereocenters. The molecule has 3 nitrogen and oxygen atoms in total. The minimum Gasteiger partial charge on any atom is -0.220 e. The molecule has 0 aliphatic heterocycles. The number of hydrogen-bond donors (Lipinski definition) is 0. The Morgan fingerprint density at radius 1 is 1.31 bits per heavy atom. The van der Waals surface area contributed by atoms with Gasteiger partial charge in [0.05, 0.1) is 0 Å². The molecule has 2 heterocycles. The van der Waals surface area contributed by atoms with Gasteiger partial charge in [0.2, 0.25) is 0 Å². The van der Waals surface area contributed by atoms with Crippen LogP contribution in [0.2, 0.25) is 5.15 Å². The van der Waals surface area contributed by atoms with Gasteiger partial charge in [0.15, 0.2) is 15.1 Å². The standard InChI is InChI=1S/C7H6ClN3S2/c1-3-9-5(8)4-6(10-3)11-7(12-2)13-4/h1-2H3. The molecular formula is C7H6ClN3S2. The average Bonchev–Trinajstić information content (AvgIpc) is 2.47. The van der Waals surface area contributed by atoms with Gasteiger partial charge in [-0.25, -0.2) is 15.0 Å². The van der Waals surface area contributed by atoms with Gasteiger partial charge in [0.1, 0.15) is 10.5 Å². The van der Waals surface area contributed by atoms with Crippen LogP contribution in [0.25, 0.3) is 10.3 Å². The molecule has 0 saturated heterocycles. The summed E-state index contributed by atoms with van der Waals surface area (Å²) in [5, 5.41) is 0.500. The highest BCUT2D eigenvalue weighted by Gasteiger charge is 2.09. The zero-order chi connectivity index (χ0) is 9.42. The summed E-state index contributed by atoms with van der Waals surface area (Å²) in [6, 6.07) is 0. The molecule has 0 N–H and O–H groups in total. The quantitative estimate of drug-likeness (QED) is 0.559. The van der Waals surface area contributed by atoms with Gasteiger partial charge in [-0.3, -0.25) is 0 Å². The van der Waals surface area contributed by atoms with E-state index < -0.39 is 0 Å². The first-order valence-electron chi connectivity index (χ1n) is 3.55. The zero-order valence-electron chi connectivity index (χ0n) is 7.04. The number of halogens is 1. The van der Waals surface area contributed by atoms with Crippen LogP contribution in [0.1, 0.15) is 5.82 Å². The fourth-order valence-electron chi connectivity index (χ4n) is 0.962. The first kappa shape index (κ1) is 9.18. The molecule has 6 heteroatoms. The molecule has 13 heavy (non-hydrogen) atoms. The lowest BCUT2D eigenvalue weighted by atomic mass is 10.6. The topological polar surface area (TPSA) is 38.7 Å². The number of rotatable bonds is 1. The van der Waals surface area contributed by atoms with Crippen molar-refractivity contribution in [2.24, 2.45) is 0 Å². The fraction of sp³-hybridized carbons (Fsp3) is 0.286. The monoisotopic (exact) mass is 231 g/mol. The molecule has 0 aliphatic carbocycles. The van der Waals surface area contributed by atoms with E-state index in [2.05, 4.69) is 15.0 Å². The van der Waals surface area contributed by atoms with Crippen molar-refractivity contribution in [3.05, 3.63) is 11.0 Å². The molecular weight excluding hydrogens is 226 g/mol. The summed E-state index contributed by atoms with van der Waals surface area (Å²) in [4.78, 5) is 12.6. The van der Waals surface area contributed by atoms with Crippen molar-refractivity contribution in [3.63, 3.8) is 0 Å². The second-order valence-corrected chi connectivity index (χ2v) is 4.81. The van der Waals surface area contributed by atoms with Gasteiger partial charge in [-0.2, -0.15) is 0 Å². The Hall–Kier alpha value is -0.390. The van der Waals surface area contributed by atoms with Gasteiger partial charge in [0, 0.05) is 0 Å². The molecule has 0 aromatic carbocycles. The van der Waals surface area contributed by atoms with Crippen LogP contribution >= 0.6 is 34.7 Å².